The average Bonchev–Trinajstić information content (AvgIpc) is 3.60. The molecule has 3 aliphatic heterocycles. The van der Waals surface area contributed by atoms with Crippen LogP contribution in [0.4, 0.5) is 5.13 Å². The van der Waals surface area contributed by atoms with Gasteiger partial charge in [-0.15, -0.1) is 0 Å². The number of nitrogen functional groups attached to an aromatic ring is 1. The number of benzene rings is 1. The summed E-state index contributed by atoms with van der Waals surface area (Å²) in [6, 6.07) is 9.26. The number of carbonyl (C=O) groups is 2. The molecule has 4 aromatic rings. The number of fused-ring (bicyclic) bond motifs is 9. The first-order valence-corrected chi connectivity index (χ1v) is 14.7. The van der Waals surface area contributed by atoms with Crippen molar-refractivity contribution in [3.8, 4) is 0 Å². The summed E-state index contributed by atoms with van der Waals surface area (Å²) in [6.45, 7) is 1.49. The normalized spacial score (nSPS) is 24.2. The number of nitrogens with two attached hydrogens (primary N) is 1. The smallest absolute Gasteiger partial charge is 0.273 e. The Hall–Kier alpha value is -3.67. The molecule has 1 saturated heterocycles. The number of amides is 2. The molecule has 0 saturated carbocycles. The lowest BCUT2D eigenvalue weighted by Crippen LogP contribution is -2.43. The minimum absolute atomic E-state index is 0.0289. The van der Waals surface area contributed by atoms with E-state index >= 15 is 0 Å². The molecule has 188 valence electrons. The van der Waals surface area contributed by atoms with Gasteiger partial charge in [0, 0.05) is 36.7 Å². The number of nitrogens with one attached hydrogen (secondary N) is 1. The highest BCUT2D eigenvalue weighted by atomic mass is 32.3. The second-order valence-electron chi connectivity index (χ2n) is 9.58. The van der Waals surface area contributed by atoms with Gasteiger partial charge in [0.15, 0.2) is 10.8 Å². The molecule has 11 heteroatoms. The Morgan fingerprint density at radius 2 is 2.19 bits per heavy atom. The minimum Gasteiger partial charge on any atom is -0.375 e. The van der Waals surface area contributed by atoms with Crippen LogP contribution in [0.3, 0.4) is 0 Å². The highest BCUT2D eigenvalue weighted by Gasteiger charge is 2.40. The standard InChI is InChI=1S/C26H24N6O3S2/c27-26-29-19-6-5-15(11-20(19)36-26)12-28-24(33)18-4-2-9-32-22-21(30-23(18)32)16-7-10-37(35,14-16)17-3-1-8-31(13-17)25(22)34/h2,4-7,9-11,14,17,35H,1,3,8,12-13H2,(H2,27,29)(H,28,33). The summed E-state index contributed by atoms with van der Waals surface area (Å²) >= 11 is 1.41. The van der Waals surface area contributed by atoms with Gasteiger partial charge >= 0.3 is 0 Å². The van der Waals surface area contributed by atoms with E-state index in [2.05, 4.69) is 10.3 Å². The first-order valence-electron chi connectivity index (χ1n) is 12.1. The first-order chi connectivity index (χ1) is 17.9. The molecule has 2 unspecified atom stereocenters. The lowest BCUT2D eigenvalue weighted by Gasteiger charge is -2.41. The van der Waals surface area contributed by atoms with Gasteiger partial charge in [0.05, 0.1) is 15.8 Å². The molecule has 4 N–H and O–H groups in total. The molecular formula is C26H24N6O3S2. The topological polar surface area (TPSA) is 126 Å². The van der Waals surface area contributed by atoms with Gasteiger partial charge in [-0.05, 0) is 59.6 Å². The molecule has 6 heterocycles. The maximum absolute atomic E-state index is 13.7. The molecule has 9 nitrogen and oxygen atoms in total. The van der Waals surface area contributed by atoms with Gasteiger partial charge in [-0.2, -0.15) is 0 Å². The van der Waals surface area contributed by atoms with Gasteiger partial charge in [-0.3, -0.25) is 14.0 Å². The van der Waals surface area contributed by atoms with Crippen LogP contribution in [-0.4, -0.2) is 54.0 Å². The molecule has 1 fully saturated rings. The fourth-order valence-corrected chi connectivity index (χ4v) is 8.63. The molecule has 2 amide bonds. The predicted molar refractivity (Wildman–Crippen MR) is 147 cm³/mol. The number of aromatic nitrogens is 3. The zero-order valence-electron chi connectivity index (χ0n) is 19.8. The summed E-state index contributed by atoms with van der Waals surface area (Å²) in [6.07, 6.45) is 5.39. The lowest BCUT2D eigenvalue weighted by atomic mass is 10.1. The molecule has 2 atom stereocenters. The van der Waals surface area contributed by atoms with Crippen molar-refractivity contribution in [1.29, 1.82) is 0 Å². The third-order valence-electron chi connectivity index (χ3n) is 7.27. The number of anilines is 1. The Morgan fingerprint density at radius 1 is 1.30 bits per heavy atom. The molecule has 7 rings (SSSR count). The van der Waals surface area contributed by atoms with E-state index in [1.165, 1.54) is 11.3 Å². The van der Waals surface area contributed by atoms with Gasteiger partial charge in [-0.1, -0.05) is 27.7 Å². The number of imidazole rings is 1. The fraction of sp³-hybridized carbons (Fsp3) is 0.231. The van der Waals surface area contributed by atoms with Gasteiger partial charge < -0.3 is 20.5 Å². The van der Waals surface area contributed by atoms with Crippen molar-refractivity contribution in [3.05, 3.63) is 75.9 Å². The van der Waals surface area contributed by atoms with Crippen LogP contribution in [-0.2, 0) is 6.54 Å². The predicted octanol–water partition coefficient (Wildman–Crippen LogP) is 4.22. The maximum Gasteiger partial charge on any atom is 0.273 e. The molecule has 0 radical (unpaired) electrons. The number of nitrogens with zero attached hydrogens (tertiary/aromatic N) is 4. The molecule has 3 aliphatic rings. The third-order valence-corrected chi connectivity index (χ3v) is 10.8. The van der Waals surface area contributed by atoms with E-state index in [0.29, 0.717) is 47.4 Å². The van der Waals surface area contributed by atoms with Crippen molar-refractivity contribution in [3.63, 3.8) is 0 Å². The number of rotatable bonds is 3. The zero-order valence-corrected chi connectivity index (χ0v) is 21.4. The summed E-state index contributed by atoms with van der Waals surface area (Å²) in [4.78, 5) is 38.0. The van der Waals surface area contributed by atoms with Crippen LogP contribution in [0.15, 0.2) is 53.4 Å². The van der Waals surface area contributed by atoms with Crippen molar-refractivity contribution in [2.24, 2.45) is 0 Å². The number of piperidine rings is 1. The summed E-state index contributed by atoms with van der Waals surface area (Å²) in [5.74, 6) is -0.403. The van der Waals surface area contributed by atoms with E-state index in [1.807, 2.05) is 40.0 Å². The number of allylic oxidation sites excluding steroid dienone is 2. The Kier molecular flexibility index (Phi) is 4.97. The SMILES string of the molecule is Nc1nc2ccc(CNC(=O)c3cccn4c5c(nc34)C3=CS(O)(C=C3)C3CCCN(C3)C5=O)cc2s1. The van der Waals surface area contributed by atoms with Crippen molar-refractivity contribution in [2.75, 3.05) is 18.8 Å². The highest BCUT2D eigenvalue weighted by molar-refractivity contribution is 8.34. The van der Waals surface area contributed by atoms with E-state index in [9.17, 15) is 14.1 Å². The quantitative estimate of drug-likeness (QED) is 0.363. The second kappa shape index (κ2) is 8.17. The van der Waals surface area contributed by atoms with Crippen LogP contribution in [0.25, 0.3) is 21.4 Å². The largest absolute Gasteiger partial charge is 0.375 e. The molecule has 0 aliphatic carbocycles. The number of thiazole rings is 1. The fourth-order valence-electron chi connectivity index (χ4n) is 5.41. The van der Waals surface area contributed by atoms with Crippen LogP contribution in [0.2, 0.25) is 0 Å². The van der Waals surface area contributed by atoms with Crippen LogP contribution in [0.1, 0.15) is 44.9 Å². The van der Waals surface area contributed by atoms with Crippen molar-refractivity contribution >= 4 is 60.0 Å². The third kappa shape index (κ3) is 3.57. The molecule has 0 spiro atoms. The van der Waals surface area contributed by atoms with Crippen LogP contribution >= 0.6 is 21.6 Å². The van der Waals surface area contributed by atoms with Gasteiger partial charge in [-0.25, -0.2) is 9.97 Å². The zero-order chi connectivity index (χ0) is 25.3. The number of hydrogen-bond donors (Lipinski definition) is 3. The molecule has 4 bridgehead atoms. The van der Waals surface area contributed by atoms with Crippen molar-refractivity contribution < 1.29 is 14.1 Å². The van der Waals surface area contributed by atoms with E-state index in [-0.39, 0.29) is 17.1 Å². The van der Waals surface area contributed by atoms with Gasteiger partial charge in [0.25, 0.3) is 11.8 Å². The number of pyridine rings is 1. The Bertz CT molecular complexity index is 1690. The molecule has 1 aromatic carbocycles. The summed E-state index contributed by atoms with van der Waals surface area (Å²) < 4.78 is 14.1. The summed E-state index contributed by atoms with van der Waals surface area (Å²) in [7, 11) is -2.12. The lowest BCUT2D eigenvalue weighted by molar-refractivity contribution is 0.0719. The van der Waals surface area contributed by atoms with Crippen molar-refractivity contribution in [1.82, 2.24) is 24.6 Å². The number of carbonyl (C=O) groups excluding carboxylic acids is 2. The first kappa shape index (κ1) is 22.5. The van der Waals surface area contributed by atoms with E-state index in [4.69, 9.17) is 10.7 Å². The molecule has 3 aromatic heterocycles. The minimum atomic E-state index is -2.12. The average molecular weight is 533 g/mol. The van der Waals surface area contributed by atoms with Crippen LogP contribution in [0, 0.1) is 0 Å². The van der Waals surface area contributed by atoms with Crippen LogP contribution in [0.5, 0.6) is 0 Å². The van der Waals surface area contributed by atoms with Gasteiger partial charge in [0.2, 0.25) is 0 Å². The van der Waals surface area contributed by atoms with E-state index < -0.39 is 10.3 Å². The van der Waals surface area contributed by atoms with Crippen LogP contribution < -0.4 is 11.1 Å². The number of hydrogen-bond acceptors (Lipinski definition) is 7. The van der Waals surface area contributed by atoms with Crippen molar-refractivity contribution in [2.45, 2.75) is 24.6 Å². The second-order valence-corrected chi connectivity index (χ2v) is 13.3. The van der Waals surface area contributed by atoms with E-state index in [1.54, 1.807) is 22.7 Å². The van der Waals surface area contributed by atoms with E-state index in [0.717, 1.165) is 34.2 Å². The van der Waals surface area contributed by atoms with Gasteiger partial charge in [0.1, 0.15) is 11.4 Å². The maximum atomic E-state index is 13.7. The Balaban J connectivity index is 1.27. The summed E-state index contributed by atoms with van der Waals surface area (Å²) in [5.41, 5.74) is 10.0. The summed E-state index contributed by atoms with van der Waals surface area (Å²) in [5, 5.41) is 7.30. The highest BCUT2D eigenvalue weighted by Crippen LogP contribution is 2.60. The molecular weight excluding hydrogens is 508 g/mol. The monoisotopic (exact) mass is 532 g/mol. The molecule has 37 heavy (non-hydrogen) atoms. The Labute approximate surface area is 217 Å². The Morgan fingerprint density at radius 3 is 3.08 bits per heavy atom.